The zero-order chi connectivity index (χ0) is 16.9. The van der Waals surface area contributed by atoms with E-state index < -0.39 is 5.97 Å². The van der Waals surface area contributed by atoms with Crippen LogP contribution in [0.25, 0.3) is 0 Å². The van der Waals surface area contributed by atoms with Crippen LogP contribution in [0.4, 0.5) is 0 Å². The number of aliphatic carboxylic acids is 1. The van der Waals surface area contributed by atoms with Crippen molar-refractivity contribution >= 4 is 11.8 Å². The van der Waals surface area contributed by atoms with Crippen molar-refractivity contribution < 1.29 is 14.7 Å². The van der Waals surface area contributed by atoms with Gasteiger partial charge >= 0.3 is 5.97 Å². The first-order valence-electron chi connectivity index (χ1n) is 8.96. The minimum atomic E-state index is -0.734. The summed E-state index contributed by atoms with van der Waals surface area (Å²) >= 11 is 0. The minimum Gasteiger partial charge on any atom is -0.481 e. The fraction of sp³-hybridized carbons (Fsp3) is 0.600. The average molecular weight is 318 g/mol. The number of hydrogen-bond donors (Lipinski definition) is 1. The molecule has 1 N–H and O–H groups in total. The van der Waals surface area contributed by atoms with E-state index in [1.807, 2.05) is 12.2 Å². The van der Waals surface area contributed by atoms with Gasteiger partial charge in [-0.1, -0.05) is 56.9 Å². The standard InChI is InChI=1S/C20H30O3/c1-2-3-4-5-6-9-12-17-15-16-19(21)18(17)13-10-7-8-11-14-20(22)23/h9,12-13,15-17H,2-8,10-11,14H2,1H3,(H,22,23)/b12-9+,18-13+/t17-/m0/s1. The maximum absolute atomic E-state index is 11.9. The van der Waals surface area contributed by atoms with Crippen LogP contribution in [0, 0.1) is 5.92 Å². The topological polar surface area (TPSA) is 54.4 Å². The molecule has 1 aliphatic carbocycles. The highest BCUT2D eigenvalue weighted by Crippen LogP contribution is 2.24. The smallest absolute Gasteiger partial charge is 0.303 e. The maximum atomic E-state index is 11.9. The Kier molecular flexibility index (Phi) is 10.0. The van der Waals surface area contributed by atoms with E-state index in [0.717, 1.165) is 31.3 Å². The number of ketones is 1. The number of carbonyl (C=O) groups excluding carboxylic acids is 1. The highest BCUT2D eigenvalue weighted by atomic mass is 16.4. The normalized spacial score (nSPS) is 19.3. The molecule has 1 rings (SSSR count). The van der Waals surface area contributed by atoms with Crippen LogP contribution in [0.15, 0.2) is 36.0 Å². The molecule has 0 amide bonds. The summed E-state index contributed by atoms with van der Waals surface area (Å²) < 4.78 is 0. The lowest BCUT2D eigenvalue weighted by Crippen LogP contribution is -2.00. The summed E-state index contributed by atoms with van der Waals surface area (Å²) in [6, 6.07) is 0. The van der Waals surface area contributed by atoms with Crippen molar-refractivity contribution in [2.45, 2.75) is 71.1 Å². The SMILES string of the molecule is CCCCCC/C=C/[C@H]1C=CC(=O)/C1=C/CCCCCC(=O)O. The van der Waals surface area contributed by atoms with Gasteiger partial charge in [0, 0.05) is 17.9 Å². The van der Waals surface area contributed by atoms with E-state index in [-0.39, 0.29) is 18.1 Å². The fourth-order valence-corrected chi connectivity index (χ4v) is 2.75. The van der Waals surface area contributed by atoms with Crippen LogP contribution in [0.3, 0.4) is 0 Å². The van der Waals surface area contributed by atoms with E-state index in [4.69, 9.17) is 5.11 Å². The van der Waals surface area contributed by atoms with E-state index in [9.17, 15) is 9.59 Å². The minimum absolute atomic E-state index is 0.121. The van der Waals surface area contributed by atoms with E-state index >= 15 is 0 Å². The molecule has 0 spiro atoms. The molecule has 0 aromatic rings. The summed E-state index contributed by atoms with van der Waals surface area (Å²) in [5, 5.41) is 8.59. The van der Waals surface area contributed by atoms with Crippen LogP contribution >= 0.6 is 0 Å². The number of carboxylic acid groups (broad SMARTS) is 1. The van der Waals surface area contributed by atoms with Gasteiger partial charge in [0.15, 0.2) is 5.78 Å². The molecule has 0 aromatic carbocycles. The Morgan fingerprint density at radius 3 is 2.61 bits per heavy atom. The molecule has 1 atom stereocenters. The summed E-state index contributed by atoms with van der Waals surface area (Å²) in [6.07, 6.45) is 19.8. The lowest BCUT2D eigenvalue weighted by molar-refractivity contribution is -0.137. The zero-order valence-corrected chi connectivity index (χ0v) is 14.3. The third-order valence-electron chi connectivity index (χ3n) is 4.13. The number of unbranched alkanes of at least 4 members (excludes halogenated alkanes) is 7. The van der Waals surface area contributed by atoms with E-state index in [2.05, 4.69) is 19.1 Å². The predicted molar refractivity (Wildman–Crippen MR) is 94.3 cm³/mol. The number of carboxylic acids is 1. The number of carbonyl (C=O) groups is 2. The van der Waals surface area contributed by atoms with Crippen molar-refractivity contribution in [3.05, 3.63) is 36.0 Å². The summed E-state index contributed by atoms with van der Waals surface area (Å²) in [6.45, 7) is 2.21. The molecule has 0 fully saturated rings. The van der Waals surface area contributed by atoms with Gasteiger partial charge in [-0.15, -0.1) is 0 Å². The maximum Gasteiger partial charge on any atom is 0.303 e. The van der Waals surface area contributed by atoms with Crippen LogP contribution in [-0.4, -0.2) is 16.9 Å². The number of hydrogen-bond acceptors (Lipinski definition) is 2. The highest BCUT2D eigenvalue weighted by Gasteiger charge is 2.19. The van der Waals surface area contributed by atoms with Gasteiger partial charge in [-0.25, -0.2) is 0 Å². The van der Waals surface area contributed by atoms with Crippen LogP contribution in [0.2, 0.25) is 0 Å². The van der Waals surface area contributed by atoms with Gasteiger partial charge in [0.2, 0.25) is 0 Å². The molecular formula is C20H30O3. The predicted octanol–water partition coefficient (Wildman–Crippen LogP) is 5.23. The molecule has 0 saturated carbocycles. The quantitative estimate of drug-likeness (QED) is 0.304. The second-order valence-corrected chi connectivity index (χ2v) is 6.18. The van der Waals surface area contributed by atoms with Gasteiger partial charge in [-0.05, 0) is 38.2 Å². The van der Waals surface area contributed by atoms with E-state index in [0.29, 0.717) is 6.42 Å². The molecule has 0 radical (unpaired) electrons. The van der Waals surface area contributed by atoms with E-state index in [1.165, 1.54) is 25.7 Å². The van der Waals surface area contributed by atoms with Gasteiger partial charge < -0.3 is 5.11 Å². The Balaban J connectivity index is 2.30. The van der Waals surface area contributed by atoms with Gasteiger partial charge in [0.25, 0.3) is 0 Å². The fourth-order valence-electron chi connectivity index (χ4n) is 2.75. The Morgan fingerprint density at radius 1 is 1.13 bits per heavy atom. The first-order chi connectivity index (χ1) is 11.1. The molecule has 3 nitrogen and oxygen atoms in total. The molecule has 0 saturated heterocycles. The number of rotatable bonds is 12. The molecule has 3 heteroatoms. The molecule has 23 heavy (non-hydrogen) atoms. The number of allylic oxidation sites excluding steroid dienone is 6. The Hall–Kier alpha value is -1.64. The van der Waals surface area contributed by atoms with E-state index in [1.54, 1.807) is 6.08 Å². The Labute approximate surface area is 140 Å². The van der Waals surface area contributed by atoms with Gasteiger partial charge in [-0.3, -0.25) is 9.59 Å². The van der Waals surface area contributed by atoms with Crippen LogP contribution in [0.1, 0.15) is 71.1 Å². The Bertz CT molecular complexity index is 458. The third-order valence-corrected chi connectivity index (χ3v) is 4.13. The van der Waals surface area contributed by atoms with Crippen LogP contribution in [-0.2, 0) is 9.59 Å². The van der Waals surface area contributed by atoms with Crippen LogP contribution in [0.5, 0.6) is 0 Å². The Morgan fingerprint density at radius 2 is 1.87 bits per heavy atom. The van der Waals surface area contributed by atoms with Crippen molar-refractivity contribution in [1.82, 2.24) is 0 Å². The second-order valence-electron chi connectivity index (χ2n) is 6.18. The molecule has 128 valence electrons. The molecule has 1 aliphatic rings. The third kappa shape index (κ3) is 8.53. The summed E-state index contributed by atoms with van der Waals surface area (Å²) in [5.74, 6) is -0.480. The van der Waals surface area contributed by atoms with Crippen molar-refractivity contribution in [3.63, 3.8) is 0 Å². The average Bonchev–Trinajstić information content (AvgIpc) is 2.86. The molecule has 0 unspecified atom stereocenters. The van der Waals surface area contributed by atoms with Gasteiger partial charge in [0.1, 0.15) is 0 Å². The molecule has 0 aliphatic heterocycles. The van der Waals surface area contributed by atoms with Crippen molar-refractivity contribution in [1.29, 1.82) is 0 Å². The first-order valence-corrected chi connectivity index (χ1v) is 8.96. The summed E-state index contributed by atoms with van der Waals surface area (Å²) in [7, 11) is 0. The molecule has 0 heterocycles. The second kappa shape index (κ2) is 11.9. The molecular weight excluding hydrogens is 288 g/mol. The van der Waals surface area contributed by atoms with Crippen LogP contribution < -0.4 is 0 Å². The summed E-state index contributed by atoms with van der Waals surface area (Å²) in [4.78, 5) is 22.3. The van der Waals surface area contributed by atoms with Gasteiger partial charge in [-0.2, -0.15) is 0 Å². The van der Waals surface area contributed by atoms with Crippen molar-refractivity contribution in [3.8, 4) is 0 Å². The monoisotopic (exact) mass is 318 g/mol. The van der Waals surface area contributed by atoms with Crippen molar-refractivity contribution in [2.75, 3.05) is 0 Å². The molecule has 0 aromatic heterocycles. The van der Waals surface area contributed by atoms with Crippen molar-refractivity contribution in [2.24, 2.45) is 5.92 Å². The first kappa shape index (κ1) is 19.4. The lowest BCUT2D eigenvalue weighted by atomic mass is 9.98. The van der Waals surface area contributed by atoms with Gasteiger partial charge in [0.05, 0.1) is 0 Å². The largest absolute Gasteiger partial charge is 0.481 e. The lowest BCUT2D eigenvalue weighted by Gasteiger charge is -2.05. The summed E-state index contributed by atoms with van der Waals surface area (Å²) in [5.41, 5.74) is 0.882. The highest BCUT2D eigenvalue weighted by molar-refractivity contribution is 6.07. The molecule has 0 bridgehead atoms. The zero-order valence-electron chi connectivity index (χ0n) is 14.3.